The molecule has 2 aromatic carbocycles. The highest BCUT2D eigenvalue weighted by Gasteiger charge is 2.29. The van der Waals surface area contributed by atoms with Crippen molar-refractivity contribution in [2.24, 2.45) is 5.92 Å². The standard InChI is InChI=1S/C22H26ClNO3/c1-14-13-17(27-2)11-12-18(14)21(19-5-3-4-6-20(19)23)24-16-9-7-15(8-10-16)22(25)26/h3-6,11-13,15-16,21,24H,7-10H2,1-2H3,(H,25,26). The zero-order valence-corrected chi connectivity index (χ0v) is 16.5. The third-order valence-corrected chi connectivity index (χ3v) is 5.83. The lowest BCUT2D eigenvalue weighted by atomic mass is 9.84. The third-order valence-electron chi connectivity index (χ3n) is 5.48. The first-order valence-electron chi connectivity index (χ1n) is 9.37. The third kappa shape index (κ3) is 4.63. The second-order valence-electron chi connectivity index (χ2n) is 7.23. The number of nitrogens with one attached hydrogen (secondary N) is 1. The van der Waals surface area contributed by atoms with E-state index in [1.807, 2.05) is 36.4 Å². The van der Waals surface area contributed by atoms with Gasteiger partial charge in [-0.25, -0.2) is 0 Å². The molecule has 144 valence electrons. The average Bonchev–Trinajstić information content (AvgIpc) is 2.67. The Morgan fingerprint density at radius 3 is 2.44 bits per heavy atom. The van der Waals surface area contributed by atoms with Gasteiger partial charge in [0.25, 0.3) is 0 Å². The SMILES string of the molecule is COc1ccc(C(NC2CCC(C(=O)O)CC2)c2ccccc2Cl)c(C)c1. The molecule has 0 spiro atoms. The Kier molecular flexibility index (Phi) is 6.40. The number of methoxy groups -OCH3 is 1. The van der Waals surface area contributed by atoms with Crippen LogP contribution in [0.5, 0.6) is 5.75 Å². The largest absolute Gasteiger partial charge is 0.497 e. The van der Waals surface area contributed by atoms with E-state index in [-0.39, 0.29) is 18.0 Å². The van der Waals surface area contributed by atoms with Crippen LogP contribution in [0.15, 0.2) is 42.5 Å². The molecule has 0 heterocycles. The molecular formula is C22H26ClNO3. The van der Waals surface area contributed by atoms with Gasteiger partial charge in [-0.3, -0.25) is 4.79 Å². The maximum Gasteiger partial charge on any atom is 0.306 e. The van der Waals surface area contributed by atoms with Crippen molar-refractivity contribution in [2.75, 3.05) is 7.11 Å². The molecule has 1 aliphatic rings. The van der Waals surface area contributed by atoms with E-state index in [9.17, 15) is 9.90 Å². The molecule has 1 unspecified atom stereocenters. The van der Waals surface area contributed by atoms with E-state index in [1.165, 1.54) is 0 Å². The van der Waals surface area contributed by atoms with E-state index in [0.29, 0.717) is 12.8 Å². The van der Waals surface area contributed by atoms with E-state index < -0.39 is 5.97 Å². The normalized spacial score (nSPS) is 20.9. The fourth-order valence-corrected chi connectivity index (χ4v) is 4.14. The summed E-state index contributed by atoms with van der Waals surface area (Å²) in [6.07, 6.45) is 3.13. The van der Waals surface area contributed by atoms with Crippen LogP contribution in [0, 0.1) is 12.8 Å². The summed E-state index contributed by atoms with van der Waals surface area (Å²) in [6.45, 7) is 2.07. The first-order chi connectivity index (χ1) is 13.0. The number of rotatable bonds is 6. The molecule has 1 fully saturated rings. The predicted molar refractivity (Wildman–Crippen MR) is 108 cm³/mol. The first kappa shape index (κ1) is 19.7. The Morgan fingerprint density at radius 1 is 1.15 bits per heavy atom. The van der Waals surface area contributed by atoms with Gasteiger partial charge in [-0.1, -0.05) is 35.9 Å². The van der Waals surface area contributed by atoms with Crippen LogP contribution in [0.25, 0.3) is 0 Å². The molecule has 0 saturated heterocycles. The van der Waals surface area contributed by atoms with Crippen LogP contribution < -0.4 is 10.1 Å². The molecule has 0 aliphatic heterocycles. The van der Waals surface area contributed by atoms with E-state index in [2.05, 4.69) is 18.3 Å². The molecule has 2 N–H and O–H groups in total. The van der Waals surface area contributed by atoms with E-state index in [0.717, 1.165) is 40.3 Å². The zero-order chi connectivity index (χ0) is 19.4. The van der Waals surface area contributed by atoms with Gasteiger partial charge in [-0.05, 0) is 67.5 Å². The molecule has 5 heteroatoms. The van der Waals surface area contributed by atoms with Crippen LogP contribution in [0.2, 0.25) is 5.02 Å². The second-order valence-corrected chi connectivity index (χ2v) is 7.64. The number of carboxylic acids is 1. The number of carboxylic acid groups (broad SMARTS) is 1. The minimum Gasteiger partial charge on any atom is -0.497 e. The Balaban J connectivity index is 1.88. The Bertz CT molecular complexity index is 800. The lowest BCUT2D eigenvalue weighted by Gasteiger charge is -2.32. The van der Waals surface area contributed by atoms with Gasteiger partial charge in [0.05, 0.1) is 19.1 Å². The summed E-state index contributed by atoms with van der Waals surface area (Å²) in [5, 5.41) is 13.7. The highest BCUT2D eigenvalue weighted by atomic mass is 35.5. The Morgan fingerprint density at radius 2 is 1.85 bits per heavy atom. The molecule has 1 atom stereocenters. The van der Waals surface area contributed by atoms with Gasteiger partial charge in [-0.15, -0.1) is 0 Å². The van der Waals surface area contributed by atoms with Crippen LogP contribution in [-0.4, -0.2) is 24.2 Å². The lowest BCUT2D eigenvalue weighted by Crippen LogP contribution is -2.38. The van der Waals surface area contributed by atoms with Crippen molar-refractivity contribution in [3.8, 4) is 5.75 Å². The number of ether oxygens (including phenoxy) is 1. The maximum atomic E-state index is 11.2. The number of hydrogen-bond acceptors (Lipinski definition) is 3. The molecule has 0 amide bonds. The van der Waals surface area contributed by atoms with Gasteiger partial charge < -0.3 is 15.2 Å². The molecule has 2 aromatic rings. The molecule has 0 bridgehead atoms. The maximum absolute atomic E-state index is 11.2. The summed E-state index contributed by atoms with van der Waals surface area (Å²) in [6, 6.07) is 14.2. The van der Waals surface area contributed by atoms with Crippen LogP contribution in [0.1, 0.15) is 48.4 Å². The summed E-state index contributed by atoms with van der Waals surface area (Å²) in [4.78, 5) is 11.2. The van der Waals surface area contributed by atoms with Crippen molar-refractivity contribution in [3.63, 3.8) is 0 Å². The van der Waals surface area contributed by atoms with Crippen molar-refractivity contribution in [3.05, 3.63) is 64.2 Å². The number of aliphatic carboxylic acids is 1. The molecule has 0 aromatic heterocycles. The molecule has 1 saturated carbocycles. The zero-order valence-electron chi connectivity index (χ0n) is 15.7. The molecule has 1 aliphatic carbocycles. The van der Waals surface area contributed by atoms with Crippen molar-refractivity contribution in [1.82, 2.24) is 5.32 Å². The number of hydrogen-bond donors (Lipinski definition) is 2. The smallest absolute Gasteiger partial charge is 0.306 e. The highest BCUT2D eigenvalue weighted by molar-refractivity contribution is 6.31. The van der Waals surface area contributed by atoms with Gasteiger partial charge in [-0.2, -0.15) is 0 Å². The molecule has 27 heavy (non-hydrogen) atoms. The van der Waals surface area contributed by atoms with Crippen LogP contribution >= 0.6 is 11.6 Å². The Labute approximate surface area is 165 Å². The fraction of sp³-hybridized carbons (Fsp3) is 0.409. The average molecular weight is 388 g/mol. The fourth-order valence-electron chi connectivity index (χ4n) is 3.90. The van der Waals surface area contributed by atoms with Crippen LogP contribution in [0.4, 0.5) is 0 Å². The van der Waals surface area contributed by atoms with Gasteiger partial charge in [0.1, 0.15) is 5.75 Å². The summed E-state index contributed by atoms with van der Waals surface area (Å²) >= 11 is 6.52. The number of benzene rings is 2. The minimum absolute atomic E-state index is 0.0454. The second kappa shape index (κ2) is 8.77. The molecule has 3 rings (SSSR count). The summed E-state index contributed by atoms with van der Waals surface area (Å²) in [7, 11) is 1.67. The van der Waals surface area contributed by atoms with E-state index >= 15 is 0 Å². The molecular weight excluding hydrogens is 362 g/mol. The topological polar surface area (TPSA) is 58.6 Å². The van der Waals surface area contributed by atoms with Crippen molar-refractivity contribution >= 4 is 17.6 Å². The quantitative estimate of drug-likeness (QED) is 0.733. The van der Waals surface area contributed by atoms with Crippen molar-refractivity contribution < 1.29 is 14.6 Å². The van der Waals surface area contributed by atoms with Crippen LogP contribution in [0.3, 0.4) is 0 Å². The van der Waals surface area contributed by atoms with Gasteiger partial charge in [0, 0.05) is 11.1 Å². The number of carbonyl (C=O) groups is 1. The highest BCUT2D eigenvalue weighted by Crippen LogP contribution is 2.34. The van der Waals surface area contributed by atoms with Crippen molar-refractivity contribution in [1.29, 1.82) is 0 Å². The minimum atomic E-state index is -0.679. The molecule has 0 radical (unpaired) electrons. The summed E-state index contributed by atoms with van der Waals surface area (Å²) < 4.78 is 5.34. The van der Waals surface area contributed by atoms with Crippen LogP contribution in [-0.2, 0) is 4.79 Å². The lowest BCUT2D eigenvalue weighted by molar-refractivity contribution is -0.142. The predicted octanol–water partition coefficient (Wildman–Crippen LogP) is 4.98. The van der Waals surface area contributed by atoms with Crippen molar-refractivity contribution in [2.45, 2.75) is 44.7 Å². The van der Waals surface area contributed by atoms with Gasteiger partial charge >= 0.3 is 5.97 Å². The van der Waals surface area contributed by atoms with Gasteiger partial charge in [0.2, 0.25) is 0 Å². The number of aryl methyl sites for hydroxylation is 1. The summed E-state index contributed by atoms with van der Waals surface area (Å²) in [5.74, 6) is -0.0669. The summed E-state index contributed by atoms with van der Waals surface area (Å²) in [5.41, 5.74) is 3.32. The number of halogens is 1. The van der Waals surface area contributed by atoms with Gasteiger partial charge in [0.15, 0.2) is 0 Å². The monoisotopic (exact) mass is 387 g/mol. The molecule has 4 nitrogen and oxygen atoms in total. The Hall–Kier alpha value is -2.04. The van der Waals surface area contributed by atoms with E-state index in [4.69, 9.17) is 16.3 Å². The first-order valence-corrected chi connectivity index (χ1v) is 9.75. The van der Waals surface area contributed by atoms with E-state index in [1.54, 1.807) is 7.11 Å².